The van der Waals surface area contributed by atoms with Crippen molar-refractivity contribution in [3.8, 4) is 0 Å². The molecule has 0 bridgehead atoms. The Bertz CT molecular complexity index is 921. The van der Waals surface area contributed by atoms with E-state index >= 15 is 0 Å². The van der Waals surface area contributed by atoms with Crippen molar-refractivity contribution in [2.45, 2.75) is 6.42 Å². The van der Waals surface area contributed by atoms with Crippen LogP contribution in [-0.4, -0.2) is 12.5 Å². The van der Waals surface area contributed by atoms with Crippen LogP contribution in [0.1, 0.15) is 15.9 Å². The van der Waals surface area contributed by atoms with Crippen LogP contribution < -0.4 is 10.2 Å². The van der Waals surface area contributed by atoms with Crippen molar-refractivity contribution in [3.63, 3.8) is 0 Å². The zero-order valence-corrected chi connectivity index (χ0v) is 13.6. The minimum Gasteiger partial charge on any atom is -0.341 e. The average molecular weight is 332 g/mol. The van der Waals surface area contributed by atoms with Gasteiger partial charge < -0.3 is 10.2 Å². The molecule has 3 nitrogen and oxygen atoms in total. The fourth-order valence-electron chi connectivity index (χ4n) is 3.17. The van der Waals surface area contributed by atoms with Gasteiger partial charge in [-0.1, -0.05) is 30.3 Å². The molecule has 1 heterocycles. The first kappa shape index (κ1) is 15.4. The molecule has 1 aliphatic rings. The van der Waals surface area contributed by atoms with Crippen LogP contribution in [0.25, 0.3) is 0 Å². The topological polar surface area (TPSA) is 32.3 Å². The van der Waals surface area contributed by atoms with E-state index in [0.29, 0.717) is 5.69 Å². The molecule has 0 atom stereocenters. The first-order chi connectivity index (χ1) is 12.2. The molecule has 1 aliphatic heterocycles. The molecule has 4 rings (SSSR count). The Kier molecular flexibility index (Phi) is 3.94. The van der Waals surface area contributed by atoms with E-state index in [1.807, 2.05) is 30.3 Å². The molecule has 3 aromatic rings. The van der Waals surface area contributed by atoms with Gasteiger partial charge >= 0.3 is 0 Å². The summed E-state index contributed by atoms with van der Waals surface area (Å²) in [5, 5.41) is 2.74. The Labute approximate surface area is 145 Å². The molecule has 0 saturated heterocycles. The van der Waals surface area contributed by atoms with Crippen LogP contribution in [0.4, 0.5) is 21.5 Å². The number of halogens is 1. The molecule has 0 aliphatic carbocycles. The summed E-state index contributed by atoms with van der Waals surface area (Å²) in [4.78, 5) is 14.4. The van der Waals surface area contributed by atoms with E-state index in [-0.39, 0.29) is 5.56 Å². The van der Waals surface area contributed by atoms with Crippen LogP contribution in [0, 0.1) is 5.82 Å². The highest BCUT2D eigenvalue weighted by molar-refractivity contribution is 6.04. The molecule has 0 radical (unpaired) electrons. The lowest BCUT2D eigenvalue weighted by Crippen LogP contribution is -2.15. The van der Waals surface area contributed by atoms with E-state index in [2.05, 4.69) is 28.4 Å². The zero-order valence-electron chi connectivity index (χ0n) is 13.6. The number of hydrogen-bond acceptors (Lipinski definition) is 2. The molecule has 1 amide bonds. The third-order valence-electron chi connectivity index (χ3n) is 4.44. The molecule has 25 heavy (non-hydrogen) atoms. The molecule has 3 aromatic carbocycles. The van der Waals surface area contributed by atoms with Gasteiger partial charge in [0.25, 0.3) is 5.91 Å². The molecule has 124 valence electrons. The Morgan fingerprint density at radius 1 is 0.920 bits per heavy atom. The fraction of sp³-hybridized carbons (Fsp3) is 0.0952. The number of nitrogens with zero attached hydrogens (tertiary/aromatic N) is 1. The minimum atomic E-state index is -0.523. The summed E-state index contributed by atoms with van der Waals surface area (Å²) >= 11 is 0. The Morgan fingerprint density at radius 3 is 2.44 bits per heavy atom. The molecule has 0 spiro atoms. The van der Waals surface area contributed by atoms with E-state index in [0.717, 1.165) is 18.7 Å². The second-order valence-electron chi connectivity index (χ2n) is 6.01. The van der Waals surface area contributed by atoms with Crippen molar-refractivity contribution in [1.29, 1.82) is 0 Å². The largest absolute Gasteiger partial charge is 0.341 e. The molecule has 0 aromatic heterocycles. The number of carbonyl (C=O) groups excluding carboxylic acids is 1. The summed E-state index contributed by atoms with van der Waals surface area (Å²) in [6.07, 6.45) is 1.03. The van der Waals surface area contributed by atoms with Crippen molar-refractivity contribution in [1.82, 2.24) is 0 Å². The summed E-state index contributed by atoms with van der Waals surface area (Å²) in [6.45, 7) is 0.945. The van der Waals surface area contributed by atoms with E-state index in [1.54, 1.807) is 12.1 Å². The maximum Gasteiger partial charge on any atom is 0.258 e. The lowest BCUT2D eigenvalue weighted by atomic mass is 10.1. The molecule has 0 unspecified atom stereocenters. The fourth-order valence-corrected chi connectivity index (χ4v) is 3.17. The number of para-hydroxylation sites is 1. The van der Waals surface area contributed by atoms with Crippen molar-refractivity contribution in [2.24, 2.45) is 0 Å². The van der Waals surface area contributed by atoms with Gasteiger partial charge in [0.15, 0.2) is 0 Å². The first-order valence-electron chi connectivity index (χ1n) is 8.24. The number of hydrogen-bond donors (Lipinski definition) is 1. The monoisotopic (exact) mass is 332 g/mol. The number of fused-ring (bicyclic) bond motifs is 1. The third-order valence-corrected chi connectivity index (χ3v) is 4.44. The van der Waals surface area contributed by atoms with Crippen molar-refractivity contribution in [3.05, 3.63) is 89.7 Å². The summed E-state index contributed by atoms with van der Waals surface area (Å²) in [5.41, 5.74) is 4.34. The highest BCUT2D eigenvalue weighted by Crippen LogP contribution is 2.34. The molecule has 0 fully saturated rings. The zero-order chi connectivity index (χ0) is 17.2. The Hall–Kier alpha value is -3.14. The number of rotatable bonds is 3. The smallest absolute Gasteiger partial charge is 0.258 e. The van der Waals surface area contributed by atoms with Crippen LogP contribution in [-0.2, 0) is 6.42 Å². The molecular formula is C21H17FN2O. The van der Waals surface area contributed by atoms with Gasteiger partial charge in [-0.15, -0.1) is 0 Å². The van der Waals surface area contributed by atoms with Crippen molar-refractivity contribution >= 4 is 23.0 Å². The lowest BCUT2D eigenvalue weighted by Gasteiger charge is -2.20. The SMILES string of the molecule is O=C(Nc1ccc(N2CCc3ccccc32)cc1)c1ccccc1F. The van der Waals surface area contributed by atoms with Crippen LogP contribution in [0.15, 0.2) is 72.8 Å². The van der Waals surface area contributed by atoms with Crippen LogP contribution in [0.5, 0.6) is 0 Å². The third kappa shape index (κ3) is 2.98. The Balaban J connectivity index is 1.52. The second-order valence-corrected chi connectivity index (χ2v) is 6.01. The maximum absolute atomic E-state index is 13.7. The average Bonchev–Trinajstić information content (AvgIpc) is 3.07. The molecule has 1 N–H and O–H groups in total. The number of anilines is 3. The van der Waals surface area contributed by atoms with Gasteiger partial charge in [-0.25, -0.2) is 4.39 Å². The Morgan fingerprint density at radius 2 is 1.64 bits per heavy atom. The van der Waals surface area contributed by atoms with Gasteiger partial charge in [0.05, 0.1) is 5.56 Å². The quantitative estimate of drug-likeness (QED) is 0.749. The lowest BCUT2D eigenvalue weighted by molar-refractivity contribution is 0.102. The first-order valence-corrected chi connectivity index (χ1v) is 8.24. The summed E-state index contributed by atoms with van der Waals surface area (Å²) in [6, 6.07) is 22.0. The molecular weight excluding hydrogens is 315 g/mol. The van der Waals surface area contributed by atoms with Gasteiger partial charge in [-0.05, 0) is 54.4 Å². The predicted octanol–water partition coefficient (Wildman–Crippen LogP) is 4.77. The van der Waals surface area contributed by atoms with Crippen LogP contribution >= 0.6 is 0 Å². The predicted molar refractivity (Wildman–Crippen MR) is 97.9 cm³/mol. The van der Waals surface area contributed by atoms with E-state index < -0.39 is 11.7 Å². The normalized spacial score (nSPS) is 12.8. The molecule has 4 heteroatoms. The highest BCUT2D eigenvalue weighted by atomic mass is 19.1. The minimum absolute atomic E-state index is 0.0417. The summed E-state index contributed by atoms with van der Waals surface area (Å²) in [7, 11) is 0. The number of carbonyl (C=O) groups is 1. The standard InChI is InChI=1S/C21H17FN2O/c22-19-7-3-2-6-18(19)21(25)23-16-9-11-17(12-10-16)24-14-13-15-5-1-4-8-20(15)24/h1-12H,13-14H2,(H,23,25). The summed E-state index contributed by atoms with van der Waals surface area (Å²) < 4.78 is 13.7. The van der Waals surface area contributed by atoms with Crippen LogP contribution in [0.3, 0.4) is 0 Å². The van der Waals surface area contributed by atoms with Gasteiger partial charge in [0.2, 0.25) is 0 Å². The number of amides is 1. The van der Waals surface area contributed by atoms with E-state index in [1.165, 1.54) is 23.4 Å². The van der Waals surface area contributed by atoms with Gasteiger partial charge in [-0.2, -0.15) is 0 Å². The van der Waals surface area contributed by atoms with Gasteiger partial charge in [-0.3, -0.25) is 4.79 Å². The van der Waals surface area contributed by atoms with E-state index in [4.69, 9.17) is 0 Å². The second kappa shape index (κ2) is 6.40. The van der Waals surface area contributed by atoms with Gasteiger partial charge in [0.1, 0.15) is 5.82 Å². The molecule has 0 saturated carbocycles. The number of nitrogens with one attached hydrogen (secondary N) is 1. The van der Waals surface area contributed by atoms with Crippen LogP contribution in [0.2, 0.25) is 0 Å². The maximum atomic E-state index is 13.7. The highest BCUT2D eigenvalue weighted by Gasteiger charge is 2.19. The van der Waals surface area contributed by atoms with E-state index in [9.17, 15) is 9.18 Å². The van der Waals surface area contributed by atoms with Gasteiger partial charge in [0, 0.05) is 23.6 Å². The van der Waals surface area contributed by atoms with Crippen molar-refractivity contribution in [2.75, 3.05) is 16.8 Å². The summed E-state index contributed by atoms with van der Waals surface area (Å²) in [5.74, 6) is -0.970. The van der Waals surface area contributed by atoms with Crippen molar-refractivity contribution < 1.29 is 9.18 Å². The number of benzene rings is 3.